The third-order valence-corrected chi connectivity index (χ3v) is 4.20. The summed E-state index contributed by atoms with van der Waals surface area (Å²) in [5, 5.41) is 0. The molecular formula is C17H17N3. The summed E-state index contributed by atoms with van der Waals surface area (Å²) in [6, 6.07) is 12.8. The zero-order valence-electron chi connectivity index (χ0n) is 11.6. The van der Waals surface area contributed by atoms with E-state index in [1.54, 1.807) is 0 Å². The largest absolute Gasteiger partial charge is 0.340 e. The van der Waals surface area contributed by atoms with E-state index in [1.807, 2.05) is 13.0 Å². The molecule has 0 saturated heterocycles. The highest BCUT2D eigenvalue weighted by Gasteiger charge is 2.24. The molecule has 1 aliphatic rings. The molecule has 0 aliphatic heterocycles. The Morgan fingerprint density at radius 2 is 2.00 bits per heavy atom. The Morgan fingerprint density at radius 1 is 1.10 bits per heavy atom. The number of aromatic nitrogens is 3. The number of aromatic amines is 1. The summed E-state index contributed by atoms with van der Waals surface area (Å²) >= 11 is 0. The lowest BCUT2D eigenvalue weighted by atomic mass is 9.82. The average molecular weight is 263 g/mol. The van der Waals surface area contributed by atoms with Crippen molar-refractivity contribution in [1.82, 2.24) is 15.0 Å². The van der Waals surface area contributed by atoms with Crippen LogP contribution in [0.4, 0.5) is 0 Å². The number of rotatable bonds is 1. The predicted molar refractivity (Wildman–Crippen MR) is 79.8 cm³/mol. The first-order valence-corrected chi connectivity index (χ1v) is 7.22. The Labute approximate surface area is 118 Å². The zero-order valence-corrected chi connectivity index (χ0v) is 11.6. The van der Waals surface area contributed by atoms with Gasteiger partial charge in [0.05, 0.1) is 5.52 Å². The summed E-state index contributed by atoms with van der Waals surface area (Å²) in [7, 11) is 0. The summed E-state index contributed by atoms with van der Waals surface area (Å²) in [6.45, 7) is 2.00. The maximum absolute atomic E-state index is 4.73. The molecule has 3 aromatic rings. The third-order valence-electron chi connectivity index (χ3n) is 4.20. The summed E-state index contributed by atoms with van der Waals surface area (Å²) in [5.74, 6) is 1.44. The van der Waals surface area contributed by atoms with Crippen LogP contribution in [0.2, 0.25) is 0 Å². The lowest BCUT2D eigenvalue weighted by Crippen LogP contribution is -2.12. The quantitative estimate of drug-likeness (QED) is 0.726. The SMILES string of the molecule is Cc1ccc2[nH]c(C3CCCc4ccccc43)nc2n1. The van der Waals surface area contributed by atoms with E-state index in [4.69, 9.17) is 4.98 Å². The molecule has 2 heterocycles. The fourth-order valence-electron chi connectivity index (χ4n) is 3.21. The summed E-state index contributed by atoms with van der Waals surface area (Å²) < 4.78 is 0. The summed E-state index contributed by atoms with van der Waals surface area (Å²) in [5.41, 5.74) is 5.78. The van der Waals surface area contributed by atoms with E-state index in [0.29, 0.717) is 5.92 Å². The standard InChI is InChI=1S/C17H17N3/c1-11-9-10-15-17(18-11)20-16(19-15)14-8-4-6-12-5-2-3-7-13(12)14/h2-3,5,7,9-10,14H,4,6,8H2,1H3,(H,18,19,20). The highest BCUT2D eigenvalue weighted by molar-refractivity contribution is 5.71. The molecule has 1 atom stereocenters. The molecule has 0 radical (unpaired) electrons. The number of aryl methyl sites for hydroxylation is 2. The van der Waals surface area contributed by atoms with Crippen LogP contribution in [0.1, 0.15) is 41.4 Å². The number of pyridine rings is 1. The van der Waals surface area contributed by atoms with Crippen LogP contribution < -0.4 is 0 Å². The fourth-order valence-corrected chi connectivity index (χ4v) is 3.21. The van der Waals surface area contributed by atoms with Crippen molar-refractivity contribution in [2.24, 2.45) is 0 Å². The summed E-state index contributed by atoms with van der Waals surface area (Å²) in [4.78, 5) is 12.7. The molecule has 100 valence electrons. The van der Waals surface area contributed by atoms with Gasteiger partial charge in [0, 0.05) is 11.6 Å². The molecule has 4 rings (SSSR count). The normalized spacial score (nSPS) is 18.1. The number of benzene rings is 1. The molecule has 1 aliphatic carbocycles. The maximum atomic E-state index is 4.73. The lowest BCUT2D eigenvalue weighted by Gasteiger charge is -2.23. The molecule has 0 bridgehead atoms. The number of H-pyrrole nitrogens is 1. The minimum atomic E-state index is 0.384. The molecule has 0 fully saturated rings. The van der Waals surface area contributed by atoms with Gasteiger partial charge in [0.2, 0.25) is 0 Å². The van der Waals surface area contributed by atoms with Gasteiger partial charge in [-0.2, -0.15) is 0 Å². The molecule has 1 aromatic carbocycles. The molecule has 1 N–H and O–H groups in total. The number of hydrogen-bond acceptors (Lipinski definition) is 2. The van der Waals surface area contributed by atoms with E-state index >= 15 is 0 Å². The zero-order chi connectivity index (χ0) is 13.5. The van der Waals surface area contributed by atoms with Crippen molar-refractivity contribution in [3.8, 4) is 0 Å². The lowest BCUT2D eigenvalue weighted by molar-refractivity contribution is 0.596. The van der Waals surface area contributed by atoms with Crippen molar-refractivity contribution in [3.05, 3.63) is 59.0 Å². The van der Waals surface area contributed by atoms with Crippen molar-refractivity contribution in [2.45, 2.75) is 32.1 Å². The second kappa shape index (κ2) is 4.44. The van der Waals surface area contributed by atoms with Gasteiger partial charge in [0.1, 0.15) is 5.82 Å². The molecule has 0 spiro atoms. The van der Waals surface area contributed by atoms with Gasteiger partial charge in [-0.15, -0.1) is 0 Å². The molecule has 20 heavy (non-hydrogen) atoms. The minimum absolute atomic E-state index is 0.384. The molecule has 3 nitrogen and oxygen atoms in total. The summed E-state index contributed by atoms with van der Waals surface area (Å²) in [6.07, 6.45) is 3.57. The Morgan fingerprint density at radius 3 is 2.95 bits per heavy atom. The minimum Gasteiger partial charge on any atom is -0.340 e. The van der Waals surface area contributed by atoms with Crippen molar-refractivity contribution in [3.63, 3.8) is 0 Å². The first kappa shape index (κ1) is 11.6. The molecule has 0 amide bonds. The maximum Gasteiger partial charge on any atom is 0.177 e. The smallest absolute Gasteiger partial charge is 0.177 e. The Hall–Kier alpha value is -2.16. The Bertz CT molecular complexity index is 773. The van der Waals surface area contributed by atoms with Gasteiger partial charge in [0.15, 0.2) is 5.65 Å². The van der Waals surface area contributed by atoms with Gasteiger partial charge in [-0.05, 0) is 49.4 Å². The first-order chi connectivity index (χ1) is 9.81. The molecule has 0 saturated carbocycles. The molecule has 3 heteroatoms. The highest BCUT2D eigenvalue weighted by atomic mass is 15.0. The van der Waals surface area contributed by atoms with Crippen LogP contribution in [-0.4, -0.2) is 15.0 Å². The molecule has 1 unspecified atom stereocenters. The van der Waals surface area contributed by atoms with Crippen LogP contribution in [0.3, 0.4) is 0 Å². The van der Waals surface area contributed by atoms with Gasteiger partial charge in [-0.1, -0.05) is 24.3 Å². The van der Waals surface area contributed by atoms with E-state index in [0.717, 1.165) is 29.1 Å². The van der Waals surface area contributed by atoms with Gasteiger partial charge < -0.3 is 4.98 Å². The van der Waals surface area contributed by atoms with Gasteiger partial charge in [0.25, 0.3) is 0 Å². The van der Waals surface area contributed by atoms with Crippen LogP contribution in [0, 0.1) is 6.92 Å². The van der Waals surface area contributed by atoms with Crippen LogP contribution in [0.15, 0.2) is 36.4 Å². The van der Waals surface area contributed by atoms with E-state index in [-0.39, 0.29) is 0 Å². The first-order valence-electron chi connectivity index (χ1n) is 7.22. The average Bonchev–Trinajstić information content (AvgIpc) is 2.89. The van der Waals surface area contributed by atoms with E-state index in [2.05, 4.69) is 40.3 Å². The monoisotopic (exact) mass is 263 g/mol. The number of nitrogens with one attached hydrogen (secondary N) is 1. The van der Waals surface area contributed by atoms with Gasteiger partial charge >= 0.3 is 0 Å². The van der Waals surface area contributed by atoms with Crippen molar-refractivity contribution >= 4 is 11.2 Å². The fraction of sp³-hybridized carbons (Fsp3) is 0.294. The van der Waals surface area contributed by atoms with Crippen LogP contribution in [0.5, 0.6) is 0 Å². The Kier molecular flexibility index (Phi) is 2.59. The topological polar surface area (TPSA) is 41.6 Å². The van der Waals surface area contributed by atoms with Crippen LogP contribution in [0.25, 0.3) is 11.2 Å². The number of fused-ring (bicyclic) bond motifs is 2. The highest BCUT2D eigenvalue weighted by Crippen LogP contribution is 2.35. The van der Waals surface area contributed by atoms with Crippen molar-refractivity contribution in [2.75, 3.05) is 0 Å². The Balaban J connectivity index is 1.84. The van der Waals surface area contributed by atoms with E-state index in [9.17, 15) is 0 Å². The molecule has 2 aromatic heterocycles. The predicted octanol–water partition coefficient (Wildman–Crippen LogP) is 3.73. The van der Waals surface area contributed by atoms with Crippen LogP contribution in [-0.2, 0) is 6.42 Å². The van der Waals surface area contributed by atoms with Gasteiger partial charge in [-0.3, -0.25) is 0 Å². The second-order valence-corrected chi connectivity index (χ2v) is 5.59. The number of imidazole rings is 1. The number of nitrogens with zero attached hydrogens (tertiary/aromatic N) is 2. The van der Waals surface area contributed by atoms with Crippen LogP contribution >= 0.6 is 0 Å². The van der Waals surface area contributed by atoms with Gasteiger partial charge in [-0.25, -0.2) is 9.97 Å². The van der Waals surface area contributed by atoms with E-state index < -0.39 is 0 Å². The molecular weight excluding hydrogens is 246 g/mol. The van der Waals surface area contributed by atoms with Crippen molar-refractivity contribution in [1.29, 1.82) is 0 Å². The number of hydrogen-bond donors (Lipinski definition) is 1. The van der Waals surface area contributed by atoms with Crippen molar-refractivity contribution < 1.29 is 0 Å². The van der Waals surface area contributed by atoms with E-state index in [1.165, 1.54) is 24.0 Å². The third kappa shape index (κ3) is 1.82. The second-order valence-electron chi connectivity index (χ2n) is 5.59.